The lowest BCUT2D eigenvalue weighted by molar-refractivity contribution is 0.443. The highest BCUT2D eigenvalue weighted by atomic mass is 19.1. The summed E-state index contributed by atoms with van der Waals surface area (Å²) in [6.45, 7) is 0. The van der Waals surface area contributed by atoms with Gasteiger partial charge >= 0.3 is 0 Å². The normalized spacial score (nSPS) is 13.5. The second-order valence-electron chi connectivity index (χ2n) is 9.05. The molecule has 0 spiro atoms. The van der Waals surface area contributed by atoms with Gasteiger partial charge in [0.1, 0.15) is 23.6 Å². The maximum atomic E-state index is 14.9. The Labute approximate surface area is 205 Å². The van der Waals surface area contributed by atoms with Crippen molar-refractivity contribution in [1.82, 2.24) is 24.7 Å². The van der Waals surface area contributed by atoms with E-state index in [1.165, 1.54) is 23.5 Å². The monoisotopic (exact) mass is 476 g/mol. The zero-order valence-corrected chi connectivity index (χ0v) is 19.1. The lowest BCUT2D eigenvalue weighted by Crippen LogP contribution is -2.11. The number of halogens is 1. The SMILES string of the molecule is Nc1ncnc2c1c(-c1cc3cc(F)c(Oc4ccccc4)cc3[nH]1)nn2C1Cc2ccccc2C1. The van der Waals surface area contributed by atoms with Gasteiger partial charge in [0.15, 0.2) is 17.2 Å². The molecule has 0 unspecified atom stereocenters. The molecule has 0 fully saturated rings. The Morgan fingerprint density at radius 2 is 1.69 bits per heavy atom. The number of benzene rings is 3. The Hall–Kier alpha value is -4.72. The molecule has 0 aliphatic heterocycles. The Morgan fingerprint density at radius 1 is 0.944 bits per heavy atom. The number of fused-ring (bicyclic) bond motifs is 3. The molecule has 1 aliphatic rings. The van der Waals surface area contributed by atoms with E-state index in [1.54, 1.807) is 18.2 Å². The van der Waals surface area contributed by atoms with Crippen LogP contribution in [-0.2, 0) is 12.8 Å². The Kier molecular flexibility index (Phi) is 4.54. The number of hydrogen-bond donors (Lipinski definition) is 2. The molecule has 3 N–H and O–H groups in total. The Balaban J connectivity index is 1.33. The number of nitrogens with two attached hydrogens (primary N) is 1. The van der Waals surface area contributed by atoms with E-state index in [4.69, 9.17) is 15.6 Å². The van der Waals surface area contributed by atoms with E-state index in [0.29, 0.717) is 39.4 Å². The number of aromatic amines is 1. The molecule has 1 aliphatic carbocycles. The van der Waals surface area contributed by atoms with Crippen LogP contribution in [0.25, 0.3) is 33.3 Å². The molecule has 7 nitrogen and oxygen atoms in total. The Morgan fingerprint density at radius 3 is 2.47 bits per heavy atom. The molecule has 0 saturated heterocycles. The average molecular weight is 477 g/mol. The zero-order valence-electron chi connectivity index (χ0n) is 19.1. The van der Waals surface area contributed by atoms with Gasteiger partial charge in [-0.3, -0.25) is 0 Å². The minimum atomic E-state index is -0.446. The van der Waals surface area contributed by atoms with Crippen LogP contribution in [0.15, 0.2) is 79.1 Å². The third-order valence-corrected chi connectivity index (χ3v) is 6.79. The fourth-order valence-electron chi connectivity index (χ4n) is 5.10. The largest absolute Gasteiger partial charge is 0.454 e. The summed E-state index contributed by atoms with van der Waals surface area (Å²) in [5.74, 6) is 0.618. The zero-order chi connectivity index (χ0) is 24.2. The van der Waals surface area contributed by atoms with E-state index in [-0.39, 0.29) is 11.8 Å². The molecule has 0 bridgehead atoms. The van der Waals surface area contributed by atoms with Gasteiger partial charge in [0.05, 0.1) is 17.1 Å². The van der Waals surface area contributed by atoms with Crippen LogP contribution in [0.5, 0.6) is 11.5 Å². The van der Waals surface area contributed by atoms with E-state index in [9.17, 15) is 4.39 Å². The first-order chi connectivity index (χ1) is 17.6. The van der Waals surface area contributed by atoms with Crippen molar-refractivity contribution in [3.8, 4) is 22.9 Å². The van der Waals surface area contributed by atoms with Crippen LogP contribution in [0, 0.1) is 5.82 Å². The third kappa shape index (κ3) is 3.30. The number of aromatic nitrogens is 5. The van der Waals surface area contributed by atoms with Crippen LogP contribution in [0.3, 0.4) is 0 Å². The molecule has 7 rings (SSSR count). The highest BCUT2D eigenvalue weighted by Gasteiger charge is 2.28. The summed E-state index contributed by atoms with van der Waals surface area (Å²) in [4.78, 5) is 12.1. The first kappa shape index (κ1) is 20.6. The van der Waals surface area contributed by atoms with Gasteiger partial charge in [0, 0.05) is 17.0 Å². The van der Waals surface area contributed by atoms with Gasteiger partial charge in [-0.1, -0.05) is 42.5 Å². The van der Waals surface area contributed by atoms with Gasteiger partial charge in [-0.2, -0.15) is 5.10 Å². The highest BCUT2D eigenvalue weighted by molar-refractivity contribution is 6.00. The second-order valence-corrected chi connectivity index (χ2v) is 9.05. The lowest BCUT2D eigenvalue weighted by Gasteiger charge is -2.10. The van der Waals surface area contributed by atoms with Crippen LogP contribution < -0.4 is 10.5 Å². The predicted octanol–water partition coefficient (Wildman–Crippen LogP) is 5.83. The summed E-state index contributed by atoms with van der Waals surface area (Å²) in [7, 11) is 0. The molecular weight excluding hydrogens is 455 g/mol. The number of ether oxygens (including phenoxy) is 1. The minimum Gasteiger partial charge on any atom is -0.454 e. The third-order valence-electron chi connectivity index (χ3n) is 6.79. The van der Waals surface area contributed by atoms with Gasteiger partial charge in [0.25, 0.3) is 0 Å². The summed E-state index contributed by atoms with van der Waals surface area (Å²) in [6, 6.07) is 22.7. The summed E-state index contributed by atoms with van der Waals surface area (Å²) >= 11 is 0. The van der Waals surface area contributed by atoms with Crippen molar-refractivity contribution >= 4 is 27.8 Å². The smallest absolute Gasteiger partial charge is 0.166 e. The van der Waals surface area contributed by atoms with Crippen LogP contribution >= 0.6 is 0 Å². The summed E-state index contributed by atoms with van der Waals surface area (Å²) in [6.07, 6.45) is 3.21. The maximum absolute atomic E-state index is 14.9. The predicted molar refractivity (Wildman–Crippen MR) is 136 cm³/mol. The molecule has 176 valence electrons. The van der Waals surface area contributed by atoms with Crippen molar-refractivity contribution < 1.29 is 9.13 Å². The standard InChI is InChI=1S/C28H21FN6O/c29-21-12-18-13-23(33-22(18)14-24(21)36-20-8-2-1-3-9-20)26-25-27(30)31-15-32-28(25)35(34-26)19-10-16-6-4-5-7-17(16)11-19/h1-9,12-15,19,33H,10-11H2,(H2,30,31,32). The fraction of sp³-hybridized carbons (Fsp3) is 0.107. The number of rotatable bonds is 4. The number of H-pyrrole nitrogens is 1. The van der Waals surface area contributed by atoms with Crippen molar-refractivity contribution in [3.63, 3.8) is 0 Å². The summed E-state index contributed by atoms with van der Waals surface area (Å²) < 4.78 is 22.6. The first-order valence-corrected chi connectivity index (χ1v) is 11.7. The minimum absolute atomic E-state index is 0.126. The molecule has 0 amide bonds. The molecule has 36 heavy (non-hydrogen) atoms. The maximum Gasteiger partial charge on any atom is 0.166 e. The van der Waals surface area contributed by atoms with E-state index < -0.39 is 5.82 Å². The van der Waals surface area contributed by atoms with Crippen molar-refractivity contribution in [1.29, 1.82) is 0 Å². The molecule has 3 aromatic carbocycles. The van der Waals surface area contributed by atoms with Crippen molar-refractivity contribution in [2.45, 2.75) is 18.9 Å². The van der Waals surface area contributed by atoms with Gasteiger partial charge < -0.3 is 15.5 Å². The number of hydrogen-bond acceptors (Lipinski definition) is 5. The van der Waals surface area contributed by atoms with E-state index >= 15 is 0 Å². The number of nitrogen functional groups attached to an aromatic ring is 1. The van der Waals surface area contributed by atoms with Crippen molar-refractivity contribution in [2.75, 3.05) is 5.73 Å². The molecular formula is C28H21FN6O. The Bertz CT molecular complexity index is 1730. The topological polar surface area (TPSA) is 94.6 Å². The van der Waals surface area contributed by atoms with Crippen LogP contribution in [0.1, 0.15) is 17.2 Å². The summed E-state index contributed by atoms with van der Waals surface area (Å²) in [5, 5.41) is 6.36. The molecule has 6 aromatic rings. The first-order valence-electron chi connectivity index (χ1n) is 11.7. The quantitative estimate of drug-likeness (QED) is 0.334. The molecule has 0 saturated carbocycles. The molecule has 3 aromatic heterocycles. The number of anilines is 1. The molecule has 0 radical (unpaired) electrons. The number of nitrogens with zero attached hydrogens (tertiary/aromatic N) is 4. The van der Waals surface area contributed by atoms with Gasteiger partial charge in [-0.25, -0.2) is 19.0 Å². The number of nitrogens with one attached hydrogen (secondary N) is 1. The van der Waals surface area contributed by atoms with E-state index in [2.05, 4.69) is 39.2 Å². The van der Waals surface area contributed by atoms with Crippen molar-refractivity contribution in [3.05, 3.63) is 96.1 Å². The second kappa shape index (κ2) is 7.91. The fourth-order valence-corrected chi connectivity index (χ4v) is 5.10. The van der Waals surface area contributed by atoms with Gasteiger partial charge in [-0.05, 0) is 48.2 Å². The van der Waals surface area contributed by atoms with E-state index in [0.717, 1.165) is 18.4 Å². The molecule has 3 heterocycles. The summed E-state index contributed by atoms with van der Waals surface area (Å²) in [5.41, 5.74) is 11.7. The highest BCUT2D eigenvalue weighted by Crippen LogP contribution is 2.38. The van der Waals surface area contributed by atoms with Crippen molar-refractivity contribution in [2.24, 2.45) is 0 Å². The lowest BCUT2D eigenvalue weighted by atomic mass is 10.1. The van der Waals surface area contributed by atoms with E-state index in [1.807, 2.05) is 28.9 Å². The van der Waals surface area contributed by atoms with Crippen LogP contribution in [-0.4, -0.2) is 24.7 Å². The van der Waals surface area contributed by atoms with Crippen LogP contribution in [0.4, 0.5) is 10.2 Å². The average Bonchev–Trinajstić information content (AvgIpc) is 3.60. The van der Waals surface area contributed by atoms with Crippen LogP contribution in [0.2, 0.25) is 0 Å². The number of para-hydroxylation sites is 1. The molecule has 8 heteroatoms. The van der Waals surface area contributed by atoms with Gasteiger partial charge in [0.2, 0.25) is 0 Å². The van der Waals surface area contributed by atoms with Gasteiger partial charge in [-0.15, -0.1) is 0 Å². The molecule has 0 atom stereocenters.